The lowest BCUT2D eigenvalue weighted by Crippen LogP contribution is -2.08. The second-order valence-electron chi connectivity index (χ2n) is 2.65. The van der Waals surface area contributed by atoms with E-state index in [4.69, 9.17) is 5.11 Å². The summed E-state index contributed by atoms with van der Waals surface area (Å²) in [4.78, 5) is 17.5. The van der Waals surface area contributed by atoms with E-state index in [0.717, 1.165) is 6.26 Å². The van der Waals surface area contributed by atoms with Crippen LogP contribution in [0.4, 0.5) is 0 Å². The highest BCUT2D eigenvalue weighted by Crippen LogP contribution is 2.03. The molecule has 0 fully saturated rings. The molecule has 1 aromatic heterocycles. The first-order chi connectivity index (χ1) is 6.39. The third-order valence-corrected chi connectivity index (χ3v) is 2.36. The minimum Gasteiger partial charge on any atom is -0.481 e. The normalized spacial score (nSPS) is 11.2. The average molecular weight is 216 g/mol. The molecule has 0 aromatic carbocycles. The van der Waals surface area contributed by atoms with Crippen LogP contribution in [0.1, 0.15) is 5.82 Å². The number of carboxylic acid groups (broad SMARTS) is 1. The number of carbonyl (C=O) groups is 1. The van der Waals surface area contributed by atoms with Crippen LogP contribution in [0.25, 0.3) is 0 Å². The van der Waals surface area contributed by atoms with Crippen LogP contribution in [-0.4, -0.2) is 35.7 Å². The molecule has 1 rings (SSSR count). The Labute approximate surface area is 80.5 Å². The maximum atomic E-state index is 11.0. The molecule has 1 heterocycles. The zero-order chi connectivity index (χ0) is 10.8. The highest BCUT2D eigenvalue weighted by Gasteiger charge is 2.11. The van der Waals surface area contributed by atoms with Crippen LogP contribution in [0.2, 0.25) is 0 Å². The van der Waals surface area contributed by atoms with Gasteiger partial charge in [-0.1, -0.05) is 0 Å². The van der Waals surface area contributed by atoms with Crippen molar-refractivity contribution in [1.29, 1.82) is 0 Å². The van der Waals surface area contributed by atoms with Crippen LogP contribution in [0.15, 0.2) is 17.3 Å². The summed E-state index contributed by atoms with van der Waals surface area (Å²) < 4.78 is 22.1. The molecule has 0 bridgehead atoms. The van der Waals surface area contributed by atoms with Gasteiger partial charge in [-0.3, -0.25) is 4.79 Å². The van der Waals surface area contributed by atoms with Gasteiger partial charge in [0.05, 0.1) is 0 Å². The number of carboxylic acids is 1. The van der Waals surface area contributed by atoms with E-state index in [1.807, 2.05) is 0 Å². The van der Waals surface area contributed by atoms with E-state index in [9.17, 15) is 13.2 Å². The minimum absolute atomic E-state index is 0.0135. The molecule has 76 valence electrons. The highest BCUT2D eigenvalue weighted by atomic mass is 32.2. The van der Waals surface area contributed by atoms with Gasteiger partial charge in [0.2, 0.25) is 0 Å². The van der Waals surface area contributed by atoms with Gasteiger partial charge in [0.1, 0.15) is 12.2 Å². The second kappa shape index (κ2) is 3.70. The number of hydrogen-bond acceptors (Lipinski definition) is 5. The first-order valence-electron chi connectivity index (χ1n) is 3.63. The fourth-order valence-electron chi connectivity index (χ4n) is 0.807. The van der Waals surface area contributed by atoms with E-state index in [0.29, 0.717) is 0 Å². The van der Waals surface area contributed by atoms with Gasteiger partial charge in [0.25, 0.3) is 0 Å². The largest absolute Gasteiger partial charge is 0.481 e. The Hall–Kier alpha value is -1.50. The zero-order valence-electron chi connectivity index (χ0n) is 7.34. The predicted molar refractivity (Wildman–Crippen MR) is 46.5 cm³/mol. The van der Waals surface area contributed by atoms with Crippen molar-refractivity contribution in [2.75, 3.05) is 6.26 Å². The van der Waals surface area contributed by atoms with E-state index >= 15 is 0 Å². The average Bonchev–Trinajstić information content (AvgIpc) is 2.01. The summed E-state index contributed by atoms with van der Waals surface area (Å²) in [5.74, 6) is -1.11. The number of aromatic nitrogens is 2. The van der Waals surface area contributed by atoms with Gasteiger partial charge in [-0.25, -0.2) is 18.4 Å². The Bertz CT molecular complexity index is 455. The van der Waals surface area contributed by atoms with Crippen molar-refractivity contribution in [2.45, 2.75) is 11.4 Å². The van der Waals surface area contributed by atoms with E-state index in [-0.39, 0.29) is 17.3 Å². The molecule has 0 spiro atoms. The van der Waals surface area contributed by atoms with Gasteiger partial charge < -0.3 is 5.11 Å². The molecule has 0 radical (unpaired) electrons. The van der Waals surface area contributed by atoms with E-state index in [2.05, 4.69) is 9.97 Å². The Morgan fingerprint density at radius 3 is 2.71 bits per heavy atom. The maximum Gasteiger partial charge on any atom is 0.311 e. The fraction of sp³-hybridized carbons (Fsp3) is 0.286. The number of rotatable bonds is 3. The first kappa shape index (κ1) is 10.6. The van der Waals surface area contributed by atoms with Gasteiger partial charge in [-0.2, -0.15) is 0 Å². The van der Waals surface area contributed by atoms with E-state index in [1.54, 1.807) is 0 Å². The Morgan fingerprint density at radius 2 is 2.21 bits per heavy atom. The van der Waals surface area contributed by atoms with Crippen molar-refractivity contribution in [3.63, 3.8) is 0 Å². The zero-order valence-corrected chi connectivity index (χ0v) is 8.15. The number of sulfone groups is 1. The lowest BCUT2D eigenvalue weighted by atomic mass is 10.4. The Kier molecular flexibility index (Phi) is 2.80. The van der Waals surface area contributed by atoms with Crippen LogP contribution in [-0.2, 0) is 21.1 Å². The monoisotopic (exact) mass is 216 g/mol. The highest BCUT2D eigenvalue weighted by molar-refractivity contribution is 7.90. The maximum absolute atomic E-state index is 11.0. The van der Waals surface area contributed by atoms with Gasteiger partial charge >= 0.3 is 5.97 Å². The first-order valence-corrected chi connectivity index (χ1v) is 5.52. The van der Waals surface area contributed by atoms with Crippen molar-refractivity contribution >= 4 is 15.8 Å². The molecule has 0 saturated heterocycles. The molecule has 0 aliphatic rings. The molecule has 7 heteroatoms. The number of hydrogen-bond donors (Lipinski definition) is 1. The third-order valence-electron chi connectivity index (χ3n) is 1.37. The molecule has 0 aliphatic carbocycles. The standard InChI is InChI=1S/C7H8N2O4S/c1-14(12,13)6-2-3-8-5(9-6)4-7(10)11/h2-3H,4H2,1H3,(H,10,11). The molecule has 0 amide bonds. The summed E-state index contributed by atoms with van der Waals surface area (Å²) >= 11 is 0. The molecule has 1 N–H and O–H groups in total. The smallest absolute Gasteiger partial charge is 0.311 e. The molecule has 0 atom stereocenters. The van der Waals surface area contributed by atoms with Crippen molar-refractivity contribution in [2.24, 2.45) is 0 Å². The number of aliphatic carboxylic acids is 1. The van der Waals surface area contributed by atoms with Crippen LogP contribution in [0.3, 0.4) is 0 Å². The van der Waals surface area contributed by atoms with Crippen LogP contribution in [0.5, 0.6) is 0 Å². The molecule has 0 aliphatic heterocycles. The quantitative estimate of drug-likeness (QED) is 0.684. The van der Waals surface area contributed by atoms with Crippen LogP contribution < -0.4 is 0 Å². The second-order valence-corrected chi connectivity index (χ2v) is 4.62. The SMILES string of the molecule is CS(=O)(=O)c1ccnc(CC(=O)O)n1. The summed E-state index contributed by atoms with van der Waals surface area (Å²) in [6, 6.07) is 1.22. The summed E-state index contributed by atoms with van der Waals surface area (Å²) in [7, 11) is -3.41. The lowest BCUT2D eigenvalue weighted by Gasteiger charge is -1.98. The van der Waals surface area contributed by atoms with Crippen molar-refractivity contribution in [1.82, 2.24) is 9.97 Å². The van der Waals surface area contributed by atoms with Crippen LogP contribution >= 0.6 is 0 Å². The van der Waals surface area contributed by atoms with Crippen molar-refractivity contribution < 1.29 is 18.3 Å². The minimum atomic E-state index is -3.41. The third kappa shape index (κ3) is 2.77. The molecule has 0 unspecified atom stereocenters. The molecule has 0 saturated carbocycles. The summed E-state index contributed by atoms with van der Waals surface area (Å²) in [5, 5.41) is 8.27. The lowest BCUT2D eigenvalue weighted by molar-refractivity contribution is -0.136. The molecule has 6 nitrogen and oxygen atoms in total. The molecule has 1 aromatic rings. The molecular formula is C7H8N2O4S. The predicted octanol–water partition coefficient (Wildman–Crippen LogP) is -0.493. The summed E-state index contributed by atoms with van der Waals surface area (Å²) in [5.41, 5.74) is 0. The number of nitrogens with zero attached hydrogens (tertiary/aromatic N) is 2. The Morgan fingerprint density at radius 1 is 1.57 bits per heavy atom. The Balaban J connectivity index is 3.08. The van der Waals surface area contributed by atoms with Crippen molar-refractivity contribution in [3.8, 4) is 0 Å². The van der Waals surface area contributed by atoms with Gasteiger partial charge in [-0.05, 0) is 6.07 Å². The van der Waals surface area contributed by atoms with E-state index < -0.39 is 15.8 Å². The summed E-state index contributed by atoms with van der Waals surface area (Å²) in [6.07, 6.45) is 1.84. The molecular weight excluding hydrogens is 208 g/mol. The van der Waals surface area contributed by atoms with Crippen molar-refractivity contribution in [3.05, 3.63) is 18.1 Å². The summed E-state index contributed by atoms with van der Waals surface area (Å²) in [6.45, 7) is 0. The fourth-order valence-corrected chi connectivity index (χ4v) is 1.39. The van der Waals surface area contributed by atoms with Gasteiger partial charge in [0, 0.05) is 12.5 Å². The molecule has 14 heavy (non-hydrogen) atoms. The van der Waals surface area contributed by atoms with E-state index in [1.165, 1.54) is 12.3 Å². The van der Waals surface area contributed by atoms with Gasteiger partial charge in [-0.15, -0.1) is 0 Å². The topological polar surface area (TPSA) is 97.2 Å². The van der Waals surface area contributed by atoms with Crippen LogP contribution in [0, 0.1) is 0 Å². The van der Waals surface area contributed by atoms with Gasteiger partial charge in [0.15, 0.2) is 14.9 Å².